The van der Waals surface area contributed by atoms with Crippen LogP contribution in [0.3, 0.4) is 0 Å². The van der Waals surface area contributed by atoms with Crippen LogP contribution in [0.1, 0.15) is 30.1 Å². The maximum atomic E-state index is 10.1. The second-order valence-corrected chi connectivity index (χ2v) is 9.77. The van der Waals surface area contributed by atoms with Gasteiger partial charge in [-0.3, -0.25) is 0 Å². The van der Waals surface area contributed by atoms with E-state index in [1.807, 2.05) is 32.0 Å². The fourth-order valence-electron chi connectivity index (χ4n) is 4.73. The number of aromatic nitrogens is 3. The Hall–Kier alpha value is -1.82. The van der Waals surface area contributed by atoms with Crippen LogP contribution in [0.25, 0.3) is 22.4 Å². The molecule has 0 amide bonds. The molecule has 2 atom stereocenters. The van der Waals surface area contributed by atoms with Gasteiger partial charge >= 0.3 is 0 Å². The molecule has 5 rings (SSSR count). The number of hydrogen-bond donors (Lipinski definition) is 2. The van der Waals surface area contributed by atoms with Gasteiger partial charge in [-0.25, -0.2) is 15.0 Å². The van der Waals surface area contributed by atoms with Gasteiger partial charge in [0, 0.05) is 37.0 Å². The Morgan fingerprint density at radius 3 is 2.68 bits per heavy atom. The van der Waals surface area contributed by atoms with Crippen molar-refractivity contribution in [3.63, 3.8) is 0 Å². The molecular formula is C22H26IN5O3. The lowest BCUT2D eigenvalue weighted by Gasteiger charge is -2.41. The number of alkyl halides is 1. The van der Waals surface area contributed by atoms with Crippen molar-refractivity contribution in [1.29, 1.82) is 0 Å². The molecule has 2 fully saturated rings. The number of aryl methyl sites for hydroxylation is 2. The second kappa shape index (κ2) is 7.95. The zero-order valence-electron chi connectivity index (χ0n) is 17.6. The molecular weight excluding hydrogens is 509 g/mol. The Kier molecular flexibility index (Phi) is 5.40. The van der Waals surface area contributed by atoms with E-state index in [2.05, 4.69) is 32.5 Å². The number of piperidine rings is 1. The molecule has 3 aromatic rings. The number of fused-ring (bicyclic) bond motifs is 1. The Bertz CT molecular complexity index is 1130. The zero-order valence-corrected chi connectivity index (χ0v) is 19.8. The average molecular weight is 535 g/mol. The van der Waals surface area contributed by atoms with Crippen LogP contribution < -0.4 is 10.6 Å². The first-order chi connectivity index (χ1) is 14.9. The van der Waals surface area contributed by atoms with Gasteiger partial charge in [-0.05, 0) is 54.5 Å². The van der Waals surface area contributed by atoms with Crippen LogP contribution in [-0.2, 0) is 11.3 Å². The quantitative estimate of drug-likeness (QED) is 0.389. The van der Waals surface area contributed by atoms with Crippen LogP contribution in [0, 0.1) is 19.3 Å². The first kappa shape index (κ1) is 21.0. The zero-order chi connectivity index (χ0) is 21.8. The van der Waals surface area contributed by atoms with E-state index in [1.165, 1.54) is 0 Å². The molecule has 2 aliphatic rings. The van der Waals surface area contributed by atoms with E-state index < -0.39 is 0 Å². The maximum Gasteiger partial charge on any atom is 0.192 e. The van der Waals surface area contributed by atoms with Crippen molar-refractivity contribution in [3.05, 3.63) is 35.5 Å². The number of halogens is 1. The van der Waals surface area contributed by atoms with Crippen molar-refractivity contribution >= 4 is 39.5 Å². The van der Waals surface area contributed by atoms with Gasteiger partial charge in [-0.1, -0.05) is 6.07 Å². The maximum absolute atomic E-state index is 10.1. The fraction of sp³-hybridized carbons (Fsp3) is 0.500. The summed E-state index contributed by atoms with van der Waals surface area (Å²) < 4.78 is 11.6. The standard InChI is InChI=1S/C22H26IN5O3/c1-12-18(14-3-4-15-17(9-14)31-13(2)26-15)27-16(10-29)21(25-12)28-7-5-22(6-8-28)11-30-20(23)19(22)24/h3-4,9,19-20,29H,5-8,10-11,24H2,1-2H3/t19-,20-/m1/s1. The lowest BCUT2D eigenvalue weighted by atomic mass is 9.75. The van der Waals surface area contributed by atoms with Crippen molar-refractivity contribution in [3.8, 4) is 11.3 Å². The van der Waals surface area contributed by atoms with Crippen molar-refractivity contribution in [2.24, 2.45) is 11.1 Å². The lowest BCUT2D eigenvalue weighted by molar-refractivity contribution is 0.127. The van der Waals surface area contributed by atoms with Crippen molar-refractivity contribution in [1.82, 2.24) is 15.0 Å². The van der Waals surface area contributed by atoms with Gasteiger partial charge < -0.3 is 24.9 Å². The molecule has 1 spiro atoms. The van der Waals surface area contributed by atoms with Gasteiger partial charge in [0.05, 0.1) is 24.6 Å². The number of aliphatic hydroxyl groups is 1. The number of nitrogens with two attached hydrogens (primary N) is 1. The van der Waals surface area contributed by atoms with Gasteiger partial charge in [-0.2, -0.15) is 0 Å². The summed E-state index contributed by atoms with van der Waals surface area (Å²) in [4.78, 5) is 16.2. The largest absolute Gasteiger partial charge is 0.441 e. The molecule has 0 radical (unpaired) electrons. The number of anilines is 1. The molecule has 0 bridgehead atoms. The molecule has 0 aliphatic carbocycles. The monoisotopic (exact) mass is 535 g/mol. The molecule has 164 valence electrons. The third-order valence-electron chi connectivity index (χ3n) is 6.62. The Morgan fingerprint density at radius 2 is 2.00 bits per heavy atom. The summed E-state index contributed by atoms with van der Waals surface area (Å²) in [7, 11) is 0. The molecule has 9 heteroatoms. The van der Waals surface area contributed by atoms with Gasteiger partial charge in [-0.15, -0.1) is 0 Å². The van der Waals surface area contributed by atoms with E-state index in [1.54, 1.807) is 0 Å². The highest BCUT2D eigenvalue weighted by Gasteiger charge is 2.48. The normalized spacial score (nSPS) is 23.2. The SMILES string of the molecule is Cc1nc2ccc(-c3nc(CO)c(N4CCC5(CC4)CO[C@@H](I)[C@H]5N)nc3C)cc2o1. The minimum Gasteiger partial charge on any atom is -0.441 e. The number of oxazole rings is 1. The summed E-state index contributed by atoms with van der Waals surface area (Å²) in [5, 5.41) is 10.1. The van der Waals surface area contributed by atoms with E-state index in [-0.39, 0.29) is 22.2 Å². The molecule has 3 N–H and O–H groups in total. The summed E-state index contributed by atoms with van der Waals surface area (Å²) in [6.07, 6.45) is 1.89. The van der Waals surface area contributed by atoms with Gasteiger partial charge in [0.2, 0.25) is 0 Å². The van der Waals surface area contributed by atoms with Crippen LogP contribution in [0.5, 0.6) is 0 Å². The topological polar surface area (TPSA) is 111 Å². The molecule has 2 saturated heterocycles. The second-order valence-electron chi connectivity index (χ2n) is 8.54. The highest BCUT2D eigenvalue weighted by atomic mass is 127. The smallest absolute Gasteiger partial charge is 0.192 e. The Morgan fingerprint density at radius 1 is 1.23 bits per heavy atom. The third kappa shape index (κ3) is 3.61. The number of benzene rings is 1. The first-order valence-electron chi connectivity index (χ1n) is 10.5. The van der Waals surface area contributed by atoms with Gasteiger partial charge in [0.25, 0.3) is 0 Å². The minimum atomic E-state index is -0.167. The average Bonchev–Trinajstić information content (AvgIpc) is 3.28. The Balaban J connectivity index is 1.43. The van der Waals surface area contributed by atoms with Crippen molar-refractivity contribution in [2.45, 2.75) is 43.4 Å². The summed E-state index contributed by atoms with van der Waals surface area (Å²) in [5.74, 6) is 1.39. The van der Waals surface area contributed by atoms with Crippen LogP contribution in [0.15, 0.2) is 22.6 Å². The molecule has 1 aromatic carbocycles. The molecule has 2 aliphatic heterocycles. The number of nitrogens with zero attached hydrogens (tertiary/aromatic N) is 4. The van der Waals surface area contributed by atoms with Crippen LogP contribution >= 0.6 is 22.6 Å². The Labute approximate surface area is 194 Å². The lowest BCUT2D eigenvalue weighted by Crippen LogP contribution is -2.50. The number of hydrogen-bond acceptors (Lipinski definition) is 8. The number of ether oxygens (including phenoxy) is 1. The predicted molar refractivity (Wildman–Crippen MR) is 126 cm³/mol. The summed E-state index contributed by atoms with van der Waals surface area (Å²) in [6, 6.07) is 5.87. The summed E-state index contributed by atoms with van der Waals surface area (Å²) >= 11 is 2.29. The molecule has 31 heavy (non-hydrogen) atoms. The minimum absolute atomic E-state index is 0.0365. The first-order valence-corrected chi connectivity index (χ1v) is 11.8. The highest BCUT2D eigenvalue weighted by molar-refractivity contribution is 14.1. The summed E-state index contributed by atoms with van der Waals surface area (Å²) in [6.45, 7) is 5.98. The van der Waals surface area contributed by atoms with Crippen LogP contribution in [0.4, 0.5) is 5.82 Å². The molecule has 4 heterocycles. The van der Waals surface area contributed by atoms with E-state index in [0.29, 0.717) is 11.6 Å². The van der Waals surface area contributed by atoms with Crippen molar-refractivity contribution < 1.29 is 14.3 Å². The van der Waals surface area contributed by atoms with Crippen LogP contribution in [0.2, 0.25) is 0 Å². The fourth-order valence-corrected chi connectivity index (χ4v) is 5.67. The molecule has 8 nitrogen and oxygen atoms in total. The highest BCUT2D eigenvalue weighted by Crippen LogP contribution is 2.43. The molecule has 2 aromatic heterocycles. The number of aliphatic hydroxyl groups excluding tert-OH is 1. The van der Waals surface area contributed by atoms with Gasteiger partial charge in [0.1, 0.15) is 15.3 Å². The van der Waals surface area contributed by atoms with Crippen molar-refractivity contribution in [2.75, 3.05) is 24.6 Å². The molecule has 0 saturated carbocycles. The third-order valence-corrected chi connectivity index (χ3v) is 7.75. The van der Waals surface area contributed by atoms with E-state index >= 15 is 0 Å². The molecule has 0 unspecified atom stereocenters. The van der Waals surface area contributed by atoms with E-state index in [0.717, 1.165) is 66.4 Å². The van der Waals surface area contributed by atoms with Gasteiger partial charge in [0.15, 0.2) is 17.3 Å². The number of rotatable bonds is 3. The predicted octanol–water partition coefficient (Wildman–Crippen LogP) is 3.10. The van der Waals surface area contributed by atoms with Crippen LogP contribution in [-0.4, -0.2) is 49.9 Å². The summed E-state index contributed by atoms with van der Waals surface area (Å²) in [5.41, 5.74) is 11.1. The van der Waals surface area contributed by atoms with E-state index in [4.69, 9.17) is 24.9 Å². The van der Waals surface area contributed by atoms with E-state index in [9.17, 15) is 5.11 Å².